The van der Waals surface area contributed by atoms with Gasteiger partial charge in [-0.15, -0.1) is 0 Å². The Morgan fingerprint density at radius 1 is 1.00 bits per heavy atom. The van der Waals surface area contributed by atoms with Crippen molar-refractivity contribution in [2.24, 2.45) is 0 Å². The molecule has 19 heavy (non-hydrogen) atoms. The molecule has 1 heterocycles. The van der Waals surface area contributed by atoms with Crippen LogP contribution in [0.4, 0.5) is 0 Å². The van der Waals surface area contributed by atoms with Crippen LogP contribution in [-0.4, -0.2) is 14.2 Å². The van der Waals surface area contributed by atoms with Crippen molar-refractivity contribution in [3.8, 4) is 11.5 Å². The molecule has 0 fully saturated rings. The maximum atomic E-state index is 5.35. The monoisotopic (exact) mass is 260 g/mol. The Bertz CT molecular complexity index is 552. The minimum atomic E-state index is 0.777. The number of nitrogens with zero attached hydrogens (tertiary/aromatic N) is 1. The first-order valence-corrected chi connectivity index (χ1v) is 6.83. The predicted octanol–water partition coefficient (Wildman–Crippen LogP) is 3.33. The molecule has 0 saturated heterocycles. The second-order valence-electron chi connectivity index (χ2n) is 4.73. The smallest absolute Gasteiger partial charge is 0.176 e. The highest BCUT2D eigenvalue weighted by Gasteiger charge is 2.09. The molecule has 1 aromatic heterocycles. The number of hydrogen-bond acceptors (Lipinski definition) is 2. The third kappa shape index (κ3) is 3.16. The summed E-state index contributed by atoms with van der Waals surface area (Å²) in [4.78, 5) is 0. The van der Waals surface area contributed by atoms with E-state index < -0.39 is 0 Å². The topological polar surface area (TPSA) is 22.3 Å². The van der Waals surface area contributed by atoms with E-state index in [9.17, 15) is 0 Å². The van der Waals surface area contributed by atoms with Crippen LogP contribution in [0.3, 0.4) is 0 Å². The number of aryl methyl sites for hydroxylation is 1. The molecule has 0 bridgehead atoms. The predicted molar refractivity (Wildman–Crippen MR) is 76.8 cm³/mol. The van der Waals surface area contributed by atoms with Crippen LogP contribution in [0.25, 0.3) is 10.8 Å². The molecule has 0 N–H and O–H groups in total. The quantitative estimate of drug-likeness (QED) is 0.587. The molecule has 0 amide bonds. The minimum Gasteiger partial charge on any atom is -0.493 e. The van der Waals surface area contributed by atoms with Gasteiger partial charge in [-0.25, -0.2) is 4.57 Å². The van der Waals surface area contributed by atoms with Gasteiger partial charge in [0.2, 0.25) is 0 Å². The highest BCUT2D eigenvalue weighted by atomic mass is 16.5. The Morgan fingerprint density at radius 2 is 1.68 bits per heavy atom. The Balaban J connectivity index is 2.31. The summed E-state index contributed by atoms with van der Waals surface area (Å²) >= 11 is 0. The number of rotatable bonds is 6. The number of unbranched alkanes of at least 4 members (excludes halogenated alkanes) is 2. The van der Waals surface area contributed by atoms with E-state index >= 15 is 0 Å². The van der Waals surface area contributed by atoms with Crippen LogP contribution in [0.2, 0.25) is 0 Å². The zero-order chi connectivity index (χ0) is 13.7. The Kier molecular flexibility index (Phi) is 4.61. The first kappa shape index (κ1) is 13.7. The van der Waals surface area contributed by atoms with Crippen molar-refractivity contribution >= 4 is 10.8 Å². The van der Waals surface area contributed by atoms with Crippen molar-refractivity contribution in [1.82, 2.24) is 0 Å². The van der Waals surface area contributed by atoms with Gasteiger partial charge >= 0.3 is 0 Å². The van der Waals surface area contributed by atoms with Gasteiger partial charge in [0.15, 0.2) is 23.9 Å². The highest BCUT2D eigenvalue weighted by Crippen LogP contribution is 2.31. The molecule has 1 aromatic carbocycles. The lowest BCUT2D eigenvalue weighted by atomic mass is 10.1. The van der Waals surface area contributed by atoms with Crippen LogP contribution in [0.1, 0.15) is 26.2 Å². The normalized spacial score (nSPS) is 10.7. The maximum Gasteiger partial charge on any atom is 0.176 e. The summed E-state index contributed by atoms with van der Waals surface area (Å²) in [5.74, 6) is 1.56. The lowest BCUT2D eigenvalue weighted by molar-refractivity contribution is -0.696. The van der Waals surface area contributed by atoms with Gasteiger partial charge in [0, 0.05) is 17.9 Å². The summed E-state index contributed by atoms with van der Waals surface area (Å²) in [7, 11) is 3.33. The Hall–Kier alpha value is -1.77. The fourth-order valence-corrected chi connectivity index (χ4v) is 2.25. The second kappa shape index (κ2) is 6.41. The van der Waals surface area contributed by atoms with Gasteiger partial charge < -0.3 is 9.47 Å². The molecule has 0 radical (unpaired) electrons. The SMILES string of the molecule is CCCCC[n+]1ccc2cc(OC)c(OC)cc2c1. The summed E-state index contributed by atoms with van der Waals surface area (Å²) < 4.78 is 12.9. The third-order valence-corrected chi connectivity index (χ3v) is 3.36. The second-order valence-corrected chi connectivity index (χ2v) is 4.73. The Labute approximate surface area is 114 Å². The maximum absolute atomic E-state index is 5.35. The number of methoxy groups -OCH3 is 2. The van der Waals surface area contributed by atoms with Crippen molar-refractivity contribution in [2.45, 2.75) is 32.7 Å². The van der Waals surface area contributed by atoms with Crippen molar-refractivity contribution < 1.29 is 14.0 Å². The highest BCUT2D eigenvalue weighted by molar-refractivity contribution is 5.84. The summed E-state index contributed by atoms with van der Waals surface area (Å²) in [6, 6.07) is 6.18. The zero-order valence-electron chi connectivity index (χ0n) is 12.0. The van der Waals surface area contributed by atoms with Crippen LogP contribution in [0.5, 0.6) is 11.5 Å². The van der Waals surface area contributed by atoms with Gasteiger partial charge in [0.05, 0.1) is 14.2 Å². The van der Waals surface area contributed by atoms with E-state index in [0.29, 0.717) is 0 Å². The number of fused-ring (bicyclic) bond motifs is 1. The minimum absolute atomic E-state index is 0.777. The van der Waals surface area contributed by atoms with Crippen LogP contribution in [0.15, 0.2) is 30.6 Å². The van der Waals surface area contributed by atoms with Gasteiger partial charge in [-0.2, -0.15) is 0 Å². The van der Waals surface area contributed by atoms with E-state index in [1.807, 2.05) is 12.1 Å². The van der Waals surface area contributed by atoms with E-state index in [4.69, 9.17) is 9.47 Å². The van der Waals surface area contributed by atoms with E-state index in [1.165, 1.54) is 30.0 Å². The van der Waals surface area contributed by atoms with Crippen molar-refractivity contribution in [3.05, 3.63) is 30.6 Å². The van der Waals surface area contributed by atoms with Crippen LogP contribution < -0.4 is 14.0 Å². The van der Waals surface area contributed by atoms with Gasteiger partial charge in [-0.1, -0.05) is 13.3 Å². The van der Waals surface area contributed by atoms with E-state index in [-0.39, 0.29) is 0 Å². The summed E-state index contributed by atoms with van der Waals surface area (Å²) in [6.07, 6.45) is 8.05. The number of pyridine rings is 1. The molecule has 0 aliphatic rings. The average molecular weight is 260 g/mol. The number of aromatic nitrogens is 1. The lowest BCUT2D eigenvalue weighted by Gasteiger charge is -2.08. The molecule has 0 aliphatic carbocycles. The molecule has 3 nitrogen and oxygen atoms in total. The number of ether oxygens (including phenoxy) is 2. The van der Waals surface area contributed by atoms with Crippen LogP contribution in [0, 0.1) is 0 Å². The Morgan fingerprint density at radius 3 is 2.32 bits per heavy atom. The molecule has 2 rings (SSSR count). The van der Waals surface area contributed by atoms with Gasteiger partial charge in [-0.3, -0.25) is 0 Å². The van der Waals surface area contributed by atoms with Gasteiger partial charge in [0.25, 0.3) is 0 Å². The lowest BCUT2D eigenvalue weighted by Crippen LogP contribution is -2.32. The molecular weight excluding hydrogens is 238 g/mol. The van der Waals surface area contributed by atoms with Crippen molar-refractivity contribution in [2.75, 3.05) is 14.2 Å². The summed E-state index contributed by atoms with van der Waals surface area (Å²) in [5.41, 5.74) is 0. The van der Waals surface area contributed by atoms with E-state index in [2.05, 4.69) is 30.0 Å². The van der Waals surface area contributed by atoms with E-state index in [1.54, 1.807) is 14.2 Å². The molecule has 2 aromatic rings. The molecular formula is C16H22NO2+. The number of hydrogen-bond donors (Lipinski definition) is 0. The molecule has 0 atom stereocenters. The van der Waals surface area contributed by atoms with Crippen LogP contribution >= 0.6 is 0 Å². The van der Waals surface area contributed by atoms with Gasteiger partial charge in [-0.05, 0) is 23.9 Å². The molecule has 0 spiro atoms. The third-order valence-electron chi connectivity index (χ3n) is 3.36. The first-order chi connectivity index (χ1) is 9.28. The fraction of sp³-hybridized carbons (Fsp3) is 0.438. The largest absolute Gasteiger partial charge is 0.493 e. The fourth-order valence-electron chi connectivity index (χ4n) is 2.25. The molecule has 102 valence electrons. The molecule has 0 aliphatic heterocycles. The van der Waals surface area contributed by atoms with Crippen molar-refractivity contribution in [3.63, 3.8) is 0 Å². The standard InChI is InChI=1S/C16H22NO2/c1-4-5-6-8-17-9-7-13-10-15(18-2)16(19-3)11-14(13)12-17/h7,9-12H,4-6,8H2,1-3H3/q+1. The van der Waals surface area contributed by atoms with Crippen molar-refractivity contribution in [1.29, 1.82) is 0 Å². The zero-order valence-corrected chi connectivity index (χ0v) is 12.0. The van der Waals surface area contributed by atoms with Gasteiger partial charge in [0.1, 0.15) is 6.54 Å². The van der Waals surface area contributed by atoms with Crippen LogP contribution in [-0.2, 0) is 6.54 Å². The molecule has 3 heteroatoms. The van der Waals surface area contributed by atoms with E-state index in [0.717, 1.165) is 18.0 Å². The molecule has 0 saturated carbocycles. The summed E-state index contributed by atoms with van der Waals surface area (Å²) in [5, 5.41) is 2.35. The average Bonchev–Trinajstić information content (AvgIpc) is 2.46. The first-order valence-electron chi connectivity index (χ1n) is 6.83. The summed E-state index contributed by atoms with van der Waals surface area (Å²) in [6.45, 7) is 3.29. The molecule has 0 unspecified atom stereocenters. The number of benzene rings is 1.